The SMILES string of the molecule is Cc1ccccc1P(I)(c1ccccc1)(c1ccccc1)c1ccccc1. The Hall–Kier alpha value is -1.96. The second-order valence-electron chi connectivity index (χ2n) is 6.80. The van der Waals surface area contributed by atoms with Gasteiger partial charge in [-0.2, -0.15) is 0 Å². The molecule has 27 heavy (non-hydrogen) atoms. The van der Waals surface area contributed by atoms with Crippen LogP contribution in [0.3, 0.4) is 0 Å². The van der Waals surface area contributed by atoms with Crippen LogP contribution in [0.4, 0.5) is 0 Å². The van der Waals surface area contributed by atoms with E-state index in [1.165, 1.54) is 26.8 Å². The van der Waals surface area contributed by atoms with Crippen LogP contribution in [0.1, 0.15) is 5.56 Å². The summed E-state index contributed by atoms with van der Waals surface area (Å²) in [6.45, 7) is 2.24. The molecule has 0 heterocycles. The predicted octanol–water partition coefficient (Wildman–Crippen LogP) is 5.50. The molecule has 0 aliphatic rings. The van der Waals surface area contributed by atoms with Crippen molar-refractivity contribution < 1.29 is 0 Å². The molecule has 2 heteroatoms. The number of halogens is 1. The molecule has 0 radical (unpaired) electrons. The van der Waals surface area contributed by atoms with E-state index < -0.39 is 4.25 Å². The number of rotatable bonds is 4. The minimum atomic E-state index is -2.89. The van der Waals surface area contributed by atoms with E-state index in [2.05, 4.69) is 144 Å². The molecule has 0 N–H and O–H groups in total. The first kappa shape index (κ1) is 18.4. The van der Waals surface area contributed by atoms with Gasteiger partial charge in [0.15, 0.2) is 0 Å². The van der Waals surface area contributed by atoms with Gasteiger partial charge in [0.2, 0.25) is 0 Å². The van der Waals surface area contributed by atoms with Crippen molar-refractivity contribution in [3.8, 4) is 0 Å². The van der Waals surface area contributed by atoms with Crippen molar-refractivity contribution in [2.75, 3.05) is 0 Å². The first-order valence-electron chi connectivity index (χ1n) is 9.12. The van der Waals surface area contributed by atoms with Crippen LogP contribution in [-0.4, -0.2) is 0 Å². The normalized spacial score (nSPS) is 12.9. The average Bonchev–Trinajstić information content (AvgIpc) is 2.75. The van der Waals surface area contributed by atoms with Gasteiger partial charge in [-0.3, -0.25) is 0 Å². The summed E-state index contributed by atoms with van der Waals surface area (Å²) in [5.41, 5.74) is 1.33. The van der Waals surface area contributed by atoms with Gasteiger partial charge >= 0.3 is 175 Å². The molecule has 0 amide bonds. The van der Waals surface area contributed by atoms with Crippen molar-refractivity contribution in [2.45, 2.75) is 6.92 Å². The standard InChI is InChI=1S/C25H22IP/c1-21-13-11-12-20-25(21)27(26,22-14-5-2-6-15-22,23-16-7-3-8-17-23)24-18-9-4-10-19-24/h2-20H,1H3. The summed E-state index contributed by atoms with van der Waals surface area (Å²) in [6.07, 6.45) is 0. The maximum atomic E-state index is 2.83. The van der Waals surface area contributed by atoms with Gasteiger partial charge in [-0.25, -0.2) is 0 Å². The molecule has 4 aromatic carbocycles. The Morgan fingerprint density at radius 3 is 1.19 bits per heavy atom. The molecule has 4 aromatic rings. The van der Waals surface area contributed by atoms with E-state index in [1.807, 2.05) is 0 Å². The zero-order chi connectivity index (χ0) is 18.8. The first-order valence-corrected chi connectivity index (χ1v) is 14.1. The molecular formula is C25H22IP. The monoisotopic (exact) mass is 480 g/mol. The van der Waals surface area contributed by atoms with Crippen molar-refractivity contribution in [1.29, 1.82) is 0 Å². The molecule has 0 aromatic heterocycles. The molecule has 0 atom stereocenters. The number of aryl methyl sites for hydroxylation is 1. The number of hydrogen-bond donors (Lipinski definition) is 0. The van der Waals surface area contributed by atoms with Crippen LogP contribution in [0.5, 0.6) is 0 Å². The molecule has 0 aliphatic carbocycles. The minimum absolute atomic E-state index is 1.33. The Kier molecular flexibility index (Phi) is 4.92. The van der Waals surface area contributed by atoms with E-state index in [-0.39, 0.29) is 0 Å². The fraction of sp³-hybridized carbons (Fsp3) is 0.0400. The third-order valence-electron chi connectivity index (χ3n) is 5.29. The van der Waals surface area contributed by atoms with E-state index >= 15 is 0 Å². The zero-order valence-corrected chi connectivity index (χ0v) is 18.3. The van der Waals surface area contributed by atoms with Crippen LogP contribution in [0, 0.1) is 6.92 Å². The molecule has 0 bridgehead atoms. The van der Waals surface area contributed by atoms with Crippen LogP contribution in [0.2, 0.25) is 0 Å². The molecule has 0 nitrogen and oxygen atoms in total. The Bertz CT molecular complexity index is 944. The van der Waals surface area contributed by atoms with Crippen LogP contribution in [0.15, 0.2) is 115 Å². The second-order valence-corrected chi connectivity index (χ2v) is 16.6. The summed E-state index contributed by atoms with van der Waals surface area (Å²) in [5, 5.41) is 5.58. The van der Waals surface area contributed by atoms with Crippen molar-refractivity contribution in [1.82, 2.24) is 0 Å². The molecule has 4 rings (SSSR count). The summed E-state index contributed by atoms with van der Waals surface area (Å²) < 4.78 is -2.89. The van der Waals surface area contributed by atoms with Gasteiger partial charge in [0.25, 0.3) is 0 Å². The Morgan fingerprint density at radius 1 is 0.481 bits per heavy atom. The molecule has 0 saturated carbocycles. The van der Waals surface area contributed by atoms with Gasteiger partial charge < -0.3 is 0 Å². The third-order valence-corrected chi connectivity index (χ3v) is 17.1. The van der Waals surface area contributed by atoms with Crippen molar-refractivity contribution in [3.05, 3.63) is 121 Å². The maximum absolute atomic E-state index is 2.89. The quantitative estimate of drug-likeness (QED) is 0.267. The fourth-order valence-electron chi connectivity index (χ4n) is 4.02. The summed E-state index contributed by atoms with van der Waals surface area (Å²) in [4.78, 5) is 0. The van der Waals surface area contributed by atoms with Gasteiger partial charge in [-0.05, 0) is 0 Å². The van der Waals surface area contributed by atoms with E-state index in [1.54, 1.807) is 0 Å². The average molecular weight is 480 g/mol. The van der Waals surface area contributed by atoms with E-state index in [9.17, 15) is 0 Å². The molecular weight excluding hydrogens is 458 g/mol. The number of hydrogen-bond acceptors (Lipinski definition) is 0. The van der Waals surface area contributed by atoms with Crippen molar-refractivity contribution in [2.24, 2.45) is 0 Å². The predicted molar refractivity (Wildman–Crippen MR) is 130 cm³/mol. The van der Waals surface area contributed by atoms with Crippen LogP contribution in [-0.2, 0) is 0 Å². The van der Waals surface area contributed by atoms with Gasteiger partial charge in [-0.1, -0.05) is 0 Å². The zero-order valence-electron chi connectivity index (χ0n) is 15.3. The van der Waals surface area contributed by atoms with Gasteiger partial charge in [-0.15, -0.1) is 0 Å². The van der Waals surface area contributed by atoms with Crippen molar-refractivity contribution >= 4 is 47.5 Å². The topological polar surface area (TPSA) is 0 Å². The van der Waals surface area contributed by atoms with Gasteiger partial charge in [0, 0.05) is 0 Å². The van der Waals surface area contributed by atoms with E-state index in [0.29, 0.717) is 0 Å². The van der Waals surface area contributed by atoms with Gasteiger partial charge in [0.05, 0.1) is 0 Å². The summed E-state index contributed by atoms with van der Waals surface area (Å²) in [6, 6.07) is 42.0. The van der Waals surface area contributed by atoms with Crippen LogP contribution < -0.4 is 21.2 Å². The van der Waals surface area contributed by atoms with Crippen LogP contribution in [0.25, 0.3) is 0 Å². The molecule has 0 saturated heterocycles. The third kappa shape index (κ3) is 2.76. The summed E-state index contributed by atoms with van der Waals surface area (Å²) in [7, 11) is 0. The fourth-order valence-corrected chi connectivity index (χ4v) is 13.6. The molecule has 0 unspecified atom stereocenters. The van der Waals surface area contributed by atoms with Crippen LogP contribution >= 0.6 is 26.3 Å². The molecule has 0 fully saturated rings. The summed E-state index contributed by atoms with van der Waals surface area (Å²) >= 11 is 2.83. The molecule has 0 spiro atoms. The van der Waals surface area contributed by atoms with E-state index in [4.69, 9.17) is 0 Å². The Morgan fingerprint density at radius 2 is 0.815 bits per heavy atom. The van der Waals surface area contributed by atoms with E-state index in [0.717, 1.165) is 0 Å². The molecule has 0 aliphatic heterocycles. The number of benzene rings is 4. The van der Waals surface area contributed by atoms with Gasteiger partial charge in [0.1, 0.15) is 0 Å². The Labute approximate surface area is 174 Å². The van der Waals surface area contributed by atoms with Crippen molar-refractivity contribution in [3.63, 3.8) is 0 Å². The Balaban J connectivity index is 2.26. The summed E-state index contributed by atoms with van der Waals surface area (Å²) in [5.74, 6) is 0. The first-order chi connectivity index (χ1) is 13.2. The second kappa shape index (κ2) is 7.22. The molecule has 134 valence electrons.